The zero-order valence-corrected chi connectivity index (χ0v) is 11.7. The molecule has 0 saturated carbocycles. The average Bonchev–Trinajstić information content (AvgIpc) is 2.27. The van der Waals surface area contributed by atoms with Gasteiger partial charge in [0.25, 0.3) is 0 Å². The van der Waals surface area contributed by atoms with Gasteiger partial charge in [-0.2, -0.15) is 0 Å². The lowest BCUT2D eigenvalue weighted by Crippen LogP contribution is -2.11. The van der Waals surface area contributed by atoms with Crippen molar-refractivity contribution in [3.05, 3.63) is 41.1 Å². The lowest BCUT2D eigenvalue weighted by Gasteiger charge is -2.20. The van der Waals surface area contributed by atoms with Gasteiger partial charge in [0.15, 0.2) is 0 Å². The molecule has 0 atom stereocenters. The van der Waals surface area contributed by atoms with Crippen LogP contribution in [0.5, 0.6) is 0 Å². The van der Waals surface area contributed by atoms with Gasteiger partial charge in [-0.3, -0.25) is 4.98 Å². The van der Waals surface area contributed by atoms with Crippen molar-refractivity contribution in [2.75, 3.05) is 6.54 Å². The number of rotatable bonds is 2. The molecular weight excluding hydrogens is 220 g/mol. The molecule has 2 rings (SSSR count). The summed E-state index contributed by atoms with van der Waals surface area (Å²) in [5, 5.41) is 1.25. The number of hydrogen-bond acceptors (Lipinski definition) is 2. The van der Waals surface area contributed by atoms with E-state index in [1.165, 1.54) is 16.5 Å². The molecule has 2 nitrogen and oxygen atoms in total. The fourth-order valence-electron chi connectivity index (χ4n) is 2.21. The second kappa shape index (κ2) is 4.69. The van der Waals surface area contributed by atoms with Gasteiger partial charge in [-0.15, -0.1) is 0 Å². The number of aryl methyl sites for hydroxylation is 1. The molecule has 1 heterocycles. The second-order valence-electron chi connectivity index (χ2n) is 5.95. The van der Waals surface area contributed by atoms with Gasteiger partial charge < -0.3 is 5.73 Å². The Morgan fingerprint density at radius 2 is 1.89 bits per heavy atom. The maximum absolute atomic E-state index is 5.60. The first-order valence-corrected chi connectivity index (χ1v) is 6.52. The maximum Gasteiger partial charge on any atom is 0.0708 e. The van der Waals surface area contributed by atoms with Crippen LogP contribution in [-0.4, -0.2) is 11.5 Å². The molecular formula is C16H22N2. The molecule has 0 aliphatic rings. The van der Waals surface area contributed by atoms with Crippen molar-refractivity contribution in [1.29, 1.82) is 0 Å². The fraction of sp³-hybridized carbons (Fsp3) is 0.438. The highest BCUT2D eigenvalue weighted by Gasteiger charge is 2.14. The summed E-state index contributed by atoms with van der Waals surface area (Å²) >= 11 is 0. The first-order chi connectivity index (χ1) is 8.41. The number of benzene rings is 1. The van der Waals surface area contributed by atoms with Crippen molar-refractivity contribution in [3.63, 3.8) is 0 Å². The van der Waals surface area contributed by atoms with Crippen LogP contribution in [-0.2, 0) is 11.8 Å². The smallest absolute Gasteiger partial charge is 0.0708 e. The molecule has 0 bridgehead atoms. The van der Waals surface area contributed by atoms with Crippen molar-refractivity contribution >= 4 is 10.9 Å². The second-order valence-corrected chi connectivity index (χ2v) is 5.95. The summed E-state index contributed by atoms with van der Waals surface area (Å²) < 4.78 is 0. The Kier molecular flexibility index (Phi) is 3.40. The van der Waals surface area contributed by atoms with E-state index < -0.39 is 0 Å². The number of aromatic nitrogens is 1. The van der Waals surface area contributed by atoms with Crippen molar-refractivity contribution in [2.45, 2.75) is 39.5 Å². The third-order valence-electron chi connectivity index (χ3n) is 3.34. The Hall–Kier alpha value is -1.41. The topological polar surface area (TPSA) is 38.9 Å². The van der Waals surface area contributed by atoms with Gasteiger partial charge in [0.05, 0.1) is 5.52 Å². The highest BCUT2D eigenvalue weighted by atomic mass is 14.7. The lowest BCUT2D eigenvalue weighted by molar-refractivity contribution is 0.591. The highest BCUT2D eigenvalue weighted by molar-refractivity contribution is 5.83. The molecule has 0 aliphatic carbocycles. The van der Waals surface area contributed by atoms with Crippen molar-refractivity contribution in [3.8, 4) is 0 Å². The quantitative estimate of drug-likeness (QED) is 0.877. The summed E-state index contributed by atoms with van der Waals surface area (Å²) in [6, 6.07) is 8.73. The molecule has 2 N–H and O–H groups in total. The molecule has 1 aromatic heterocycles. The molecule has 0 amide bonds. The third-order valence-corrected chi connectivity index (χ3v) is 3.34. The van der Waals surface area contributed by atoms with E-state index in [1.807, 2.05) is 0 Å². The van der Waals surface area contributed by atoms with E-state index in [2.05, 4.69) is 56.9 Å². The first-order valence-electron chi connectivity index (χ1n) is 6.52. The van der Waals surface area contributed by atoms with E-state index >= 15 is 0 Å². The molecule has 0 saturated heterocycles. The van der Waals surface area contributed by atoms with Gasteiger partial charge >= 0.3 is 0 Å². The van der Waals surface area contributed by atoms with Crippen LogP contribution in [0.25, 0.3) is 10.9 Å². The zero-order chi connectivity index (χ0) is 13.3. The Morgan fingerprint density at radius 1 is 1.17 bits per heavy atom. The third kappa shape index (κ3) is 2.54. The average molecular weight is 242 g/mol. The van der Waals surface area contributed by atoms with Gasteiger partial charge in [-0.1, -0.05) is 26.8 Å². The SMILES string of the molecule is Cc1cc(CCN)nc2ccc(C(C)(C)C)cc12. The largest absolute Gasteiger partial charge is 0.330 e. The van der Waals surface area contributed by atoms with Crippen LogP contribution in [0.2, 0.25) is 0 Å². The van der Waals surface area contributed by atoms with Crippen molar-refractivity contribution in [1.82, 2.24) is 4.98 Å². The van der Waals surface area contributed by atoms with Gasteiger partial charge in [-0.25, -0.2) is 0 Å². The van der Waals surface area contributed by atoms with Crippen LogP contribution in [0, 0.1) is 6.92 Å². The summed E-state index contributed by atoms with van der Waals surface area (Å²) in [5.74, 6) is 0. The molecule has 0 unspecified atom stereocenters. The predicted molar refractivity (Wildman–Crippen MR) is 77.9 cm³/mol. The molecule has 0 spiro atoms. The maximum atomic E-state index is 5.60. The molecule has 2 aromatic rings. The van der Waals surface area contributed by atoms with Crippen LogP contribution >= 0.6 is 0 Å². The fourth-order valence-corrected chi connectivity index (χ4v) is 2.21. The van der Waals surface area contributed by atoms with Gasteiger partial charge in [0.1, 0.15) is 0 Å². The summed E-state index contributed by atoms with van der Waals surface area (Å²) in [4.78, 5) is 4.67. The predicted octanol–water partition coefficient (Wildman–Crippen LogP) is 3.34. The highest BCUT2D eigenvalue weighted by Crippen LogP contribution is 2.27. The Morgan fingerprint density at radius 3 is 2.50 bits per heavy atom. The van der Waals surface area contributed by atoms with Gasteiger partial charge in [-0.05, 0) is 48.2 Å². The zero-order valence-electron chi connectivity index (χ0n) is 11.7. The van der Waals surface area contributed by atoms with E-state index in [1.54, 1.807) is 0 Å². The van der Waals surface area contributed by atoms with Crippen LogP contribution < -0.4 is 5.73 Å². The first kappa shape index (κ1) is 13.0. The van der Waals surface area contributed by atoms with Crippen molar-refractivity contribution < 1.29 is 0 Å². The van der Waals surface area contributed by atoms with E-state index in [-0.39, 0.29) is 5.41 Å². The van der Waals surface area contributed by atoms with Crippen LogP contribution in [0.4, 0.5) is 0 Å². The normalized spacial score (nSPS) is 12.1. The molecule has 0 fully saturated rings. The minimum absolute atomic E-state index is 0.177. The summed E-state index contributed by atoms with van der Waals surface area (Å²) in [7, 11) is 0. The summed E-state index contributed by atoms with van der Waals surface area (Å²) in [6.07, 6.45) is 0.845. The number of nitrogens with zero attached hydrogens (tertiary/aromatic N) is 1. The van der Waals surface area contributed by atoms with Gasteiger partial charge in [0, 0.05) is 17.5 Å². The minimum atomic E-state index is 0.177. The lowest BCUT2D eigenvalue weighted by atomic mass is 9.86. The van der Waals surface area contributed by atoms with Crippen LogP contribution in [0.1, 0.15) is 37.6 Å². The minimum Gasteiger partial charge on any atom is -0.330 e. The Labute approximate surface area is 109 Å². The molecule has 0 aliphatic heterocycles. The molecule has 2 heteroatoms. The summed E-state index contributed by atoms with van der Waals surface area (Å²) in [6.45, 7) is 9.51. The molecule has 18 heavy (non-hydrogen) atoms. The Balaban J connectivity index is 2.58. The number of pyridine rings is 1. The number of fused-ring (bicyclic) bond motifs is 1. The van der Waals surface area contributed by atoms with Crippen LogP contribution in [0.3, 0.4) is 0 Å². The standard InChI is InChI=1S/C16H22N2/c1-11-9-13(7-8-17)18-15-6-5-12(10-14(11)15)16(2,3)4/h5-6,9-10H,7-8,17H2,1-4H3. The van der Waals surface area contributed by atoms with Crippen molar-refractivity contribution in [2.24, 2.45) is 5.73 Å². The molecule has 0 radical (unpaired) electrons. The summed E-state index contributed by atoms with van der Waals surface area (Å²) in [5.41, 5.74) is 10.6. The number of nitrogens with two attached hydrogens (primary N) is 1. The monoisotopic (exact) mass is 242 g/mol. The van der Waals surface area contributed by atoms with E-state index in [9.17, 15) is 0 Å². The van der Waals surface area contributed by atoms with Crippen LogP contribution in [0.15, 0.2) is 24.3 Å². The molecule has 96 valence electrons. The van der Waals surface area contributed by atoms with Gasteiger partial charge in [0.2, 0.25) is 0 Å². The molecule has 1 aromatic carbocycles. The van der Waals surface area contributed by atoms with E-state index in [4.69, 9.17) is 5.73 Å². The Bertz CT molecular complexity index is 565. The number of hydrogen-bond donors (Lipinski definition) is 1. The van der Waals surface area contributed by atoms with E-state index in [0.29, 0.717) is 6.54 Å². The van der Waals surface area contributed by atoms with E-state index in [0.717, 1.165) is 17.6 Å².